The van der Waals surface area contributed by atoms with Crippen LogP contribution >= 0.6 is 0 Å². The highest BCUT2D eigenvalue weighted by Gasteiger charge is 2.64. The lowest BCUT2D eigenvalue weighted by Crippen LogP contribution is -2.60. The van der Waals surface area contributed by atoms with Gasteiger partial charge in [0.25, 0.3) is 0 Å². The summed E-state index contributed by atoms with van der Waals surface area (Å²) < 4.78 is 0. The Morgan fingerprint density at radius 2 is 1.48 bits per heavy atom. The number of nitrogens with two attached hydrogens (primary N) is 2. The number of allylic oxidation sites excluding steroid dienone is 2. The molecule has 3 heteroatoms. The van der Waals surface area contributed by atoms with Gasteiger partial charge in [0.05, 0.1) is 6.10 Å². The van der Waals surface area contributed by atoms with Crippen molar-refractivity contribution in [2.75, 3.05) is 11.5 Å². The molecule has 10 atom stereocenters. The van der Waals surface area contributed by atoms with Crippen LogP contribution in [0.4, 0.5) is 11.4 Å². The van der Waals surface area contributed by atoms with E-state index in [2.05, 4.69) is 53.7 Å². The predicted octanol–water partition coefficient (Wildman–Crippen LogP) is 11.5. The number of hydrogen-bond donors (Lipinski definition) is 3. The van der Waals surface area contributed by atoms with Crippen LogP contribution in [-0.2, 0) is 6.42 Å². The molecule has 1 aromatic carbocycles. The molecule has 4 saturated carbocycles. The van der Waals surface area contributed by atoms with Crippen LogP contribution < -0.4 is 11.5 Å². The second-order valence-corrected chi connectivity index (χ2v) is 15.3. The van der Waals surface area contributed by atoms with E-state index in [1.165, 1.54) is 63.4 Å². The van der Waals surface area contributed by atoms with Crippen molar-refractivity contribution in [3.05, 3.63) is 35.4 Å². The zero-order valence-corrected chi connectivity index (χ0v) is 31.2. The summed E-state index contributed by atoms with van der Waals surface area (Å²) in [5.41, 5.74) is 17.3. The van der Waals surface area contributed by atoms with Gasteiger partial charge in [-0.3, -0.25) is 0 Å². The molecule has 0 aliphatic heterocycles. The van der Waals surface area contributed by atoms with Crippen molar-refractivity contribution in [2.45, 2.75) is 160 Å². The Morgan fingerprint density at radius 3 is 2.09 bits per heavy atom. The Balaban J connectivity index is 0.00000106. The number of benzene rings is 1. The third kappa shape index (κ3) is 7.39. The number of nitrogen functional groups attached to an aromatic ring is 2. The van der Waals surface area contributed by atoms with Gasteiger partial charge < -0.3 is 16.6 Å². The second-order valence-electron chi connectivity index (χ2n) is 15.3. The molecule has 44 heavy (non-hydrogen) atoms. The summed E-state index contributed by atoms with van der Waals surface area (Å²) in [6, 6.07) is 5.96. The van der Waals surface area contributed by atoms with Crippen molar-refractivity contribution >= 4 is 11.4 Å². The van der Waals surface area contributed by atoms with Gasteiger partial charge in [-0.2, -0.15) is 0 Å². The average Bonchev–Trinajstić information content (AvgIpc) is 3.37. The Kier molecular flexibility index (Phi) is 14.4. The normalized spacial score (nSPS) is 37.6. The van der Waals surface area contributed by atoms with Gasteiger partial charge >= 0.3 is 0 Å². The van der Waals surface area contributed by atoms with Crippen LogP contribution in [0.2, 0.25) is 0 Å². The molecule has 0 bridgehead atoms. The molecule has 10 unspecified atom stereocenters. The van der Waals surface area contributed by atoms with Crippen LogP contribution in [-0.4, -0.2) is 11.2 Å². The van der Waals surface area contributed by atoms with Crippen LogP contribution in [0, 0.1) is 51.8 Å². The van der Waals surface area contributed by atoms with Crippen molar-refractivity contribution in [2.24, 2.45) is 51.8 Å². The topological polar surface area (TPSA) is 72.3 Å². The molecule has 0 radical (unpaired) electrons. The fraction of sp³-hybridized carbons (Fsp3) is 0.805. The third-order valence-corrected chi connectivity index (χ3v) is 13.1. The van der Waals surface area contributed by atoms with Gasteiger partial charge in [0, 0.05) is 16.8 Å². The average molecular weight is 611 g/mol. The van der Waals surface area contributed by atoms with E-state index in [-0.39, 0.29) is 11.5 Å². The molecular formula is C41H74N2O. The van der Waals surface area contributed by atoms with Crippen LogP contribution in [0.25, 0.3) is 0 Å². The van der Waals surface area contributed by atoms with E-state index >= 15 is 0 Å². The minimum Gasteiger partial charge on any atom is -0.399 e. The largest absolute Gasteiger partial charge is 0.399 e. The summed E-state index contributed by atoms with van der Waals surface area (Å²) in [6.45, 7) is 26.7. The highest BCUT2D eigenvalue weighted by Crippen LogP contribution is 2.70. The number of anilines is 2. The highest BCUT2D eigenvalue weighted by molar-refractivity contribution is 5.57. The van der Waals surface area contributed by atoms with Gasteiger partial charge in [-0.05, 0) is 149 Å². The Bertz CT molecular complexity index is 1050. The summed E-state index contributed by atoms with van der Waals surface area (Å²) in [5.74, 6) is 4.81. The minimum atomic E-state index is -0.263. The first-order chi connectivity index (χ1) is 20.9. The van der Waals surface area contributed by atoms with Crippen LogP contribution in [0.3, 0.4) is 0 Å². The monoisotopic (exact) mass is 611 g/mol. The maximum atomic E-state index is 11.5. The van der Waals surface area contributed by atoms with Gasteiger partial charge in [-0.25, -0.2) is 0 Å². The van der Waals surface area contributed by atoms with Crippen LogP contribution in [0.5, 0.6) is 0 Å². The van der Waals surface area contributed by atoms with Crippen molar-refractivity contribution in [1.82, 2.24) is 0 Å². The van der Waals surface area contributed by atoms with Gasteiger partial charge in [-0.15, -0.1) is 0 Å². The summed E-state index contributed by atoms with van der Waals surface area (Å²) in [7, 11) is 0. The first-order valence-corrected chi connectivity index (χ1v) is 18.9. The van der Waals surface area contributed by atoms with E-state index in [1.54, 1.807) is 0 Å². The minimum absolute atomic E-state index is 0.138. The fourth-order valence-corrected chi connectivity index (χ4v) is 11.1. The molecule has 0 spiro atoms. The van der Waals surface area contributed by atoms with E-state index in [0.29, 0.717) is 16.7 Å². The lowest BCUT2D eigenvalue weighted by Gasteiger charge is -2.65. The van der Waals surface area contributed by atoms with Gasteiger partial charge in [0.2, 0.25) is 0 Å². The summed E-state index contributed by atoms with van der Waals surface area (Å²) in [5, 5.41) is 11.5. The first kappa shape index (κ1) is 38.7. The number of aliphatic hydroxyl groups excluding tert-OH is 1. The van der Waals surface area contributed by atoms with Gasteiger partial charge in [-0.1, -0.05) is 87.0 Å². The lowest BCUT2D eigenvalue weighted by molar-refractivity contribution is -0.184. The van der Waals surface area contributed by atoms with E-state index in [4.69, 9.17) is 11.5 Å². The Hall–Kier alpha value is -1.48. The van der Waals surface area contributed by atoms with E-state index in [9.17, 15) is 5.11 Å². The van der Waals surface area contributed by atoms with Gasteiger partial charge in [0.1, 0.15) is 0 Å². The summed E-state index contributed by atoms with van der Waals surface area (Å²) in [4.78, 5) is 0. The molecule has 0 heterocycles. The second kappa shape index (κ2) is 16.4. The van der Waals surface area contributed by atoms with Crippen molar-refractivity contribution in [3.63, 3.8) is 0 Å². The number of hydrogen-bond acceptors (Lipinski definition) is 3. The van der Waals surface area contributed by atoms with E-state index < -0.39 is 0 Å². The molecule has 5 rings (SSSR count). The smallest absolute Gasteiger partial charge is 0.0600 e. The quantitative estimate of drug-likeness (QED) is 0.222. The maximum Gasteiger partial charge on any atom is 0.0600 e. The first-order valence-electron chi connectivity index (χ1n) is 18.9. The molecule has 0 amide bonds. The molecular weight excluding hydrogens is 536 g/mol. The zero-order chi connectivity index (χ0) is 33.5. The third-order valence-electron chi connectivity index (χ3n) is 13.1. The Labute approximate surface area is 274 Å². The fourth-order valence-electron chi connectivity index (χ4n) is 11.1. The molecule has 4 fully saturated rings. The molecule has 1 aromatic rings. The van der Waals surface area contributed by atoms with E-state index in [1.807, 2.05) is 53.7 Å². The highest BCUT2D eigenvalue weighted by atomic mass is 16.3. The standard InChI is InChI=1S/C35H56N2O.3C2H6/c1-22(2)8-7-9-23(3)27-13-14-28-26-12-15-31-34(5,29(26)16-18-33(27,28)4)19-17-32(38)35(31,6)21-24-10-11-25(36)20-30(24)37;3*1-2/h8,10-11,20,23,26-29,31-32,38H,7,9,12-19,21,36-37H2,1-6H3;3*1-2H3. The van der Waals surface area contributed by atoms with Crippen LogP contribution in [0.15, 0.2) is 29.8 Å². The molecule has 0 saturated heterocycles. The molecule has 4 aliphatic rings. The van der Waals surface area contributed by atoms with Crippen molar-refractivity contribution < 1.29 is 5.11 Å². The number of aliphatic hydroxyl groups is 1. The van der Waals surface area contributed by atoms with Crippen LogP contribution in [0.1, 0.15) is 153 Å². The van der Waals surface area contributed by atoms with Crippen molar-refractivity contribution in [3.8, 4) is 0 Å². The number of fused-ring (bicyclic) bond motifs is 5. The predicted molar refractivity (Wildman–Crippen MR) is 196 cm³/mol. The molecule has 5 N–H and O–H groups in total. The SMILES string of the molecule is CC.CC.CC.CC(C)=CCCC(C)C1CCC2C3CCC4C(C)(Cc5ccc(N)cc5N)C(O)CCC4(C)C3CCC12C. The molecule has 3 nitrogen and oxygen atoms in total. The Morgan fingerprint density at radius 1 is 0.864 bits per heavy atom. The molecule has 0 aromatic heterocycles. The number of rotatable bonds is 6. The van der Waals surface area contributed by atoms with E-state index in [0.717, 1.165) is 59.4 Å². The molecule has 4 aliphatic carbocycles. The van der Waals surface area contributed by atoms with Crippen molar-refractivity contribution in [1.29, 1.82) is 0 Å². The molecule has 254 valence electrons. The lowest BCUT2D eigenvalue weighted by atomic mass is 9.40. The maximum absolute atomic E-state index is 11.5. The zero-order valence-electron chi connectivity index (χ0n) is 31.2. The summed E-state index contributed by atoms with van der Waals surface area (Å²) >= 11 is 0. The summed E-state index contributed by atoms with van der Waals surface area (Å²) in [6.07, 6.45) is 16.0. The van der Waals surface area contributed by atoms with Gasteiger partial charge in [0.15, 0.2) is 0 Å².